The van der Waals surface area contributed by atoms with Crippen molar-refractivity contribution in [1.29, 1.82) is 0 Å². The molecule has 30 nitrogen and oxygen atoms in total. The van der Waals surface area contributed by atoms with Crippen LogP contribution in [0.4, 0.5) is 0 Å². The maximum atomic E-state index is 15.1. The number of likely N-dealkylation sites (N-methyl/N-ethyl adjacent to an activating group) is 7. The molecule has 11 amide bonds. The van der Waals surface area contributed by atoms with Crippen molar-refractivity contribution in [2.24, 2.45) is 41.4 Å². The molecule has 0 bridgehead atoms. The molecule has 0 radical (unpaired) electrons. The standard InChI is InChI=1S/C62H111N11O12.C23H22O7/c1-25-27-28-40(15)52(75)51-56(79)65-43(26-2)58(81)67(18)33-48(74)68(19)44(29-34(3)4)55(78)66-49(38(11)12)61(84)69(20)45(30-35(5)6)54(77)63-41(16)53(76)64-42(17)57(80)70(21)46(31-36(7)8)59(82)71(22)47(32-37(9)10)60(83)72(23)50(39(13)14)62(85)73(51)24;1-23(2)6-5-11-15(30-23)8-13(24)20-21(25)19-12-7-16(26-3)17(27-4)9-14(12)28-10-18(19)29-22(11)20/h25,27,34-47,49-52,75H,26,28-33H2,1-24H3,(H,63,77)(H,64,76)(H,65,79)(H,66,78);5-9,18-19,24H,10H2,1-4H3. The van der Waals surface area contributed by atoms with Gasteiger partial charge in [0, 0.05) is 67.0 Å². The number of phenols is 1. The first-order valence-electron chi connectivity index (χ1n) is 40.3. The number of carbonyl (C=O) groups excluding carboxylic acids is 12. The van der Waals surface area contributed by atoms with Crippen molar-refractivity contribution in [2.45, 2.75) is 254 Å². The number of rotatable bonds is 17. The number of benzene rings is 2. The van der Waals surface area contributed by atoms with Gasteiger partial charge in [-0.3, -0.25) is 57.5 Å². The minimum atomic E-state index is -1.61. The molecule has 0 saturated carbocycles. The Morgan fingerprint density at radius 3 is 1.58 bits per heavy atom. The molecule has 642 valence electrons. The lowest BCUT2D eigenvalue weighted by atomic mass is 9.80. The second-order valence-corrected chi connectivity index (χ2v) is 34.2. The molecular formula is C85H133N11O19. The highest BCUT2D eigenvalue weighted by Crippen LogP contribution is 2.52. The Morgan fingerprint density at radius 2 is 1.06 bits per heavy atom. The normalized spacial score (nSPS) is 25.7. The number of hydrogen-bond donors (Lipinski definition) is 6. The van der Waals surface area contributed by atoms with E-state index in [1.807, 2.05) is 87.5 Å². The largest absolute Gasteiger partial charge is 0.507 e. The van der Waals surface area contributed by atoms with Crippen molar-refractivity contribution in [3.05, 3.63) is 53.1 Å². The van der Waals surface area contributed by atoms with Crippen LogP contribution in [0.25, 0.3) is 6.08 Å². The number of ether oxygens (including phenoxy) is 5. The molecule has 0 aromatic heterocycles. The van der Waals surface area contributed by atoms with Crippen molar-refractivity contribution < 1.29 is 91.4 Å². The fraction of sp³-hybridized carbons (Fsp3) is 0.671. The monoisotopic (exact) mass is 1610 g/mol. The predicted molar refractivity (Wildman–Crippen MR) is 437 cm³/mol. The van der Waals surface area contributed by atoms with E-state index in [1.54, 1.807) is 73.8 Å². The van der Waals surface area contributed by atoms with Gasteiger partial charge in [0.05, 0.1) is 38.3 Å². The van der Waals surface area contributed by atoms with E-state index >= 15 is 9.59 Å². The molecule has 0 spiro atoms. The maximum Gasteiger partial charge on any atom is 0.246 e. The van der Waals surface area contributed by atoms with Crippen LogP contribution in [0.15, 0.2) is 36.4 Å². The number of aromatic hydroxyl groups is 1. The zero-order valence-electron chi connectivity index (χ0n) is 73.2. The zero-order chi connectivity index (χ0) is 87.2. The summed E-state index contributed by atoms with van der Waals surface area (Å²) < 4.78 is 28.8. The molecule has 1 saturated heterocycles. The summed E-state index contributed by atoms with van der Waals surface area (Å²) in [5.74, 6) is -8.37. The molecule has 6 N–H and O–H groups in total. The average Bonchev–Trinajstić information content (AvgIpc) is 0.726. The first-order chi connectivity index (χ1) is 53.5. The Balaban J connectivity index is 0.000000641. The van der Waals surface area contributed by atoms with E-state index in [1.165, 1.54) is 101 Å². The Kier molecular flexibility index (Phi) is 34.6. The first-order valence-corrected chi connectivity index (χ1v) is 40.3. The van der Waals surface area contributed by atoms with E-state index in [2.05, 4.69) is 21.3 Å². The van der Waals surface area contributed by atoms with Gasteiger partial charge >= 0.3 is 0 Å². The molecule has 115 heavy (non-hydrogen) atoms. The fourth-order valence-corrected chi connectivity index (χ4v) is 15.0. The Hall–Kier alpha value is -9.48. The van der Waals surface area contributed by atoms with Crippen LogP contribution in [-0.2, 0) is 52.7 Å². The summed E-state index contributed by atoms with van der Waals surface area (Å²) in [6.07, 6.45) is 6.28. The Bertz CT molecular complexity index is 3890. The van der Waals surface area contributed by atoms with Crippen LogP contribution >= 0.6 is 0 Å². The molecule has 4 aliphatic rings. The van der Waals surface area contributed by atoms with Crippen LogP contribution in [-0.4, -0.2) is 270 Å². The van der Waals surface area contributed by atoms with Gasteiger partial charge in [0.1, 0.15) is 107 Å². The number of allylic oxidation sites excluding steroid dienone is 2. The molecule has 14 atom stereocenters. The third-order valence-corrected chi connectivity index (χ3v) is 21.8. The number of fused-ring (bicyclic) bond motifs is 6. The summed E-state index contributed by atoms with van der Waals surface area (Å²) in [4.78, 5) is 182. The summed E-state index contributed by atoms with van der Waals surface area (Å²) in [5.41, 5.74) is 0.930. The number of nitrogens with one attached hydrogen (secondary N) is 4. The number of aliphatic hydroxyl groups excluding tert-OH is 1. The van der Waals surface area contributed by atoms with Gasteiger partial charge in [-0.15, -0.1) is 0 Å². The van der Waals surface area contributed by atoms with Crippen LogP contribution < -0.4 is 45.0 Å². The highest BCUT2D eigenvalue weighted by Gasteiger charge is 2.49. The lowest BCUT2D eigenvalue weighted by molar-refractivity contribution is -0.157. The number of nitrogens with zero attached hydrogens (tertiary/aromatic N) is 7. The van der Waals surface area contributed by atoms with Crippen LogP contribution in [0.2, 0.25) is 0 Å². The van der Waals surface area contributed by atoms with Gasteiger partial charge in [-0.25, -0.2) is 0 Å². The van der Waals surface area contributed by atoms with Gasteiger partial charge in [-0.2, -0.15) is 0 Å². The first kappa shape index (κ1) is 96.1. The van der Waals surface area contributed by atoms with Crippen molar-refractivity contribution in [3.63, 3.8) is 0 Å². The number of amides is 11. The predicted octanol–water partition coefficient (Wildman–Crippen LogP) is 6.98. The molecule has 14 unspecified atom stereocenters. The van der Waals surface area contributed by atoms with Gasteiger partial charge < -0.3 is 89.5 Å². The highest BCUT2D eigenvalue weighted by atomic mass is 16.5. The summed E-state index contributed by atoms with van der Waals surface area (Å²) in [6, 6.07) is -7.40. The maximum absolute atomic E-state index is 15.1. The van der Waals surface area contributed by atoms with Crippen LogP contribution in [0.5, 0.6) is 34.5 Å². The zero-order valence-corrected chi connectivity index (χ0v) is 73.2. The fourth-order valence-electron chi connectivity index (χ4n) is 15.0. The highest BCUT2D eigenvalue weighted by molar-refractivity contribution is 6.09. The van der Waals surface area contributed by atoms with Crippen molar-refractivity contribution in [1.82, 2.24) is 55.6 Å². The number of hydrogen-bond acceptors (Lipinski definition) is 19. The van der Waals surface area contributed by atoms with Crippen LogP contribution in [0.1, 0.15) is 197 Å². The lowest BCUT2D eigenvalue weighted by Gasteiger charge is -2.41. The molecule has 0 aliphatic carbocycles. The number of Topliss-reactive ketones (excluding diaryl/α,β-unsaturated/α-hetero) is 1. The van der Waals surface area contributed by atoms with Crippen LogP contribution in [0, 0.1) is 41.4 Å². The second-order valence-electron chi connectivity index (χ2n) is 34.2. The van der Waals surface area contributed by atoms with Crippen molar-refractivity contribution in [3.8, 4) is 34.5 Å². The number of carbonyl (C=O) groups is 12. The summed E-state index contributed by atoms with van der Waals surface area (Å²) in [5, 5.41) is 33.8. The molecule has 2 aromatic rings. The SMILES string of the molecule is CC=CCC(C)C(O)C1C(=O)NC(CC)C(=O)N(C)CC(=O)N(C)C(CC(C)C)C(=O)NC(C(C)C)C(=O)N(C)C(CC(C)C)C(=O)NC(C)C(=O)NC(C)C(=O)N(C)C(CC(C)C)C(=O)N(C)C(CC(C)C)C(=O)N(C)C(C(C)C)C(=O)N1C.COc1cc2c(cc1OC)C1C(=O)c3c(O)cc4c(c3OC1CO2)C=CC(C)(C)O4. The van der Waals surface area contributed by atoms with E-state index < -0.39 is 173 Å². The number of ketones is 1. The summed E-state index contributed by atoms with van der Waals surface area (Å²) in [7, 11) is 13.0. The van der Waals surface area contributed by atoms with E-state index in [0.29, 0.717) is 46.3 Å². The van der Waals surface area contributed by atoms with E-state index in [4.69, 9.17) is 23.7 Å². The topological polar surface area (TPSA) is 362 Å². The van der Waals surface area contributed by atoms with Gasteiger partial charge in [0.15, 0.2) is 17.3 Å². The molecule has 4 heterocycles. The third-order valence-electron chi connectivity index (χ3n) is 21.8. The third kappa shape index (κ3) is 23.4. The van der Waals surface area contributed by atoms with Gasteiger partial charge in [0.2, 0.25) is 65.0 Å². The number of aliphatic hydroxyl groups is 1. The number of methoxy groups -OCH3 is 2. The van der Waals surface area contributed by atoms with Gasteiger partial charge in [0.25, 0.3) is 0 Å². The van der Waals surface area contributed by atoms with Crippen molar-refractivity contribution in [2.75, 3.05) is 76.7 Å². The summed E-state index contributed by atoms with van der Waals surface area (Å²) in [6.45, 7) is 33.4. The molecular weight excluding hydrogens is 1480 g/mol. The van der Waals surface area contributed by atoms with Gasteiger partial charge in [-0.05, 0) is 133 Å². The average molecular weight is 1610 g/mol. The summed E-state index contributed by atoms with van der Waals surface area (Å²) >= 11 is 0. The Morgan fingerprint density at radius 1 is 0.565 bits per heavy atom. The van der Waals surface area contributed by atoms with E-state index in [-0.39, 0.29) is 79.5 Å². The Labute approximate surface area is 680 Å². The van der Waals surface area contributed by atoms with Crippen LogP contribution in [0.3, 0.4) is 0 Å². The minimum absolute atomic E-state index is 0.0229. The minimum Gasteiger partial charge on any atom is -0.507 e. The molecule has 1 fully saturated rings. The molecule has 4 aliphatic heterocycles. The van der Waals surface area contributed by atoms with Crippen molar-refractivity contribution >= 4 is 76.8 Å². The van der Waals surface area contributed by atoms with E-state index in [9.17, 15) is 58.2 Å². The quantitative estimate of drug-likeness (QED) is 0.0869. The molecule has 2 aromatic carbocycles. The molecule has 6 rings (SSSR count). The van der Waals surface area contributed by atoms with Gasteiger partial charge in [-0.1, -0.05) is 109 Å². The smallest absolute Gasteiger partial charge is 0.246 e. The molecule has 30 heteroatoms. The number of phenolic OH excluding ortho intramolecular Hbond substituents is 1. The van der Waals surface area contributed by atoms with E-state index in [0.717, 1.165) is 9.80 Å². The lowest BCUT2D eigenvalue weighted by Crippen LogP contribution is -2.63. The second kappa shape index (κ2) is 41.4.